The SMILES string of the molecule is COc1ccc(/C=N/N2C(=O)CSC2=S)cc1Br. The van der Waals surface area contributed by atoms with Crippen molar-refractivity contribution >= 4 is 56.4 Å². The van der Waals surface area contributed by atoms with E-state index in [1.807, 2.05) is 18.2 Å². The summed E-state index contributed by atoms with van der Waals surface area (Å²) in [5, 5.41) is 5.34. The van der Waals surface area contributed by atoms with E-state index in [-0.39, 0.29) is 5.91 Å². The minimum atomic E-state index is -0.0890. The lowest BCUT2D eigenvalue weighted by Crippen LogP contribution is -2.22. The number of thioether (sulfide) groups is 1. The van der Waals surface area contributed by atoms with Gasteiger partial charge in [0.05, 0.1) is 23.5 Å². The largest absolute Gasteiger partial charge is 0.496 e. The molecule has 0 bridgehead atoms. The number of amides is 1. The molecule has 18 heavy (non-hydrogen) atoms. The Morgan fingerprint density at radius 2 is 2.39 bits per heavy atom. The Morgan fingerprint density at radius 3 is 2.94 bits per heavy atom. The molecule has 1 fully saturated rings. The zero-order valence-electron chi connectivity index (χ0n) is 9.42. The molecule has 0 saturated carbocycles. The number of carbonyl (C=O) groups is 1. The number of carbonyl (C=O) groups excluding carboxylic acids is 1. The number of hydrazone groups is 1. The van der Waals surface area contributed by atoms with E-state index in [1.165, 1.54) is 16.8 Å². The number of hydrogen-bond donors (Lipinski definition) is 0. The molecule has 1 aromatic carbocycles. The van der Waals surface area contributed by atoms with Gasteiger partial charge in [-0.25, -0.2) is 0 Å². The van der Waals surface area contributed by atoms with E-state index in [4.69, 9.17) is 17.0 Å². The molecule has 1 aromatic rings. The van der Waals surface area contributed by atoms with Crippen LogP contribution < -0.4 is 4.74 Å². The topological polar surface area (TPSA) is 41.9 Å². The predicted molar refractivity (Wildman–Crippen MR) is 80.2 cm³/mol. The summed E-state index contributed by atoms with van der Waals surface area (Å²) < 4.78 is 6.45. The summed E-state index contributed by atoms with van der Waals surface area (Å²) in [7, 11) is 1.60. The van der Waals surface area contributed by atoms with Gasteiger partial charge in [-0.15, -0.1) is 0 Å². The Hall–Kier alpha value is -0.920. The predicted octanol–water partition coefficient (Wildman–Crippen LogP) is 2.65. The van der Waals surface area contributed by atoms with Gasteiger partial charge in [-0.3, -0.25) is 4.79 Å². The van der Waals surface area contributed by atoms with Gasteiger partial charge in [0.2, 0.25) is 0 Å². The number of ether oxygens (including phenoxy) is 1. The minimum Gasteiger partial charge on any atom is -0.496 e. The van der Waals surface area contributed by atoms with Crippen LogP contribution in [0, 0.1) is 0 Å². The van der Waals surface area contributed by atoms with Gasteiger partial charge in [-0.1, -0.05) is 24.0 Å². The molecule has 7 heteroatoms. The summed E-state index contributed by atoms with van der Waals surface area (Å²) in [5.74, 6) is 1.02. The fraction of sp³-hybridized carbons (Fsp3) is 0.182. The third kappa shape index (κ3) is 2.90. The molecule has 1 aliphatic rings. The van der Waals surface area contributed by atoms with Crippen LogP contribution in [0.3, 0.4) is 0 Å². The van der Waals surface area contributed by atoms with Gasteiger partial charge in [0.1, 0.15) is 5.75 Å². The summed E-state index contributed by atoms with van der Waals surface area (Å²) in [5.41, 5.74) is 0.857. The molecule has 0 radical (unpaired) electrons. The van der Waals surface area contributed by atoms with Crippen LogP contribution in [-0.4, -0.2) is 34.3 Å². The van der Waals surface area contributed by atoms with E-state index in [1.54, 1.807) is 13.3 Å². The van der Waals surface area contributed by atoms with Crippen LogP contribution in [-0.2, 0) is 4.79 Å². The number of nitrogens with zero attached hydrogens (tertiary/aromatic N) is 2. The smallest absolute Gasteiger partial charge is 0.259 e. The second-order valence-electron chi connectivity index (χ2n) is 3.40. The summed E-state index contributed by atoms with van der Waals surface area (Å²) in [6.07, 6.45) is 1.60. The third-order valence-corrected chi connectivity index (χ3v) is 4.18. The highest BCUT2D eigenvalue weighted by Crippen LogP contribution is 2.25. The standard InChI is InChI=1S/C11H9BrN2O2S2/c1-16-9-3-2-7(4-8(9)12)5-13-14-10(15)6-18-11(14)17/h2-5H,6H2,1H3/b13-5+. The summed E-state index contributed by atoms with van der Waals surface area (Å²) in [4.78, 5) is 11.4. The highest BCUT2D eigenvalue weighted by Gasteiger charge is 2.25. The number of thiocarbonyl (C=S) groups is 1. The summed E-state index contributed by atoms with van der Waals surface area (Å²) in [6, 6.07) is 5.53. The molecular weight excluding hydrogens is 336 g/mol. The Morgan fingerprint density at radius 1 is 1.61 bits per heavy atom. The maximum Gasteiger partial charge on any atom is 0.259 e. The van der Waals surface area contributed by atoms with Crippen LogP contribution in [0.2, 0.25) is 0 Å². The minimum absolute atomic E-state index is 0.0890. The molecule has 4 nitrogen and oxygen atoms in total. The first-order valence-electron chi connectivity index (χ1n) is 4.99. The van der Waals surface area contributed by atoms with Gasteiger partial charge < -0.3 is 4.74 Å². The normalized spacial score (nSPS) is 15.8. The number of benzene rings is 1. The molecule has 1 saturated heterocycles. The van der Waals surface area contributed by atoms with E-state index in [9.17, 15) is 4.79 Å². The van der Waals surface area contributed by atoms with Crippen molar-refractivity contribution in [2.45, 2.75) is 0 Å². The monoisotopic (exact) mass is 344 g/mol. The second-order valence-corrected chi connectivity index (χ2v) is 5.86. The van der Waals surface area contributed by atoms with Crippen LogP contribution in [0.4, 0.5) is 0 Å². The van der Waals surface area contributed by atoms with Crippen LogP contribution in [0.1, 0.15) is 5.56 Å². The molecule has 2 rings (SSSR count). The van der Waals surface area contributed by atoms with E-state index >= 15 is 0 Å². The Labute approximate surface area is 123 Å². The van der Waals surface area contributed by atoms with Crippen molar-refractivity contribution in [3.63, 3.8) is 0 Å². The molecule has 94 valence electrons. The first kappa shape index (κ1) is 13.5. The molecular formula is C11H9BrN2O2S2. The van der Waals surface area contributed by atoms with Crippen molar-refractivity contribution in [1.82, 2.24) is 5.01 Å². The molecule has 0 atom stereocenters. The maximum absolute atomic E-state index is 11.4. The fourth-order valence-corrected chi connectivity index (χ4v) is 2.87. The molecule has 0 aliphatic carbocycles. The summed E-state index contributed by atoms with van der Waals surface area (Å²) >= 11 is 9.73. The van der Waals surface area contributed by atoms with Crippen molar-refractivity contribution in [2.24, 2.45) is 5.10 Å². The lowest BCUT2D eigenvalue weighted by Gasteiger charge is -2.07. The van der Waals surface area contributed by atoms with Crippen molar-refractivity contribution in [3.8, 4) is 5.75 Å². The number of methoxy groups -OCH3 is 1. The molecule has 0 spiro atoms. The van der Waals surface area contributed by atoms with Gasteiger partial charge in [-0.2, -0.15) is 10.1 Å². The number of hydrogen-bond acceptors (Lipinski definition) is 5. The molecule has 1 heterocycles. The van der Waals surface area contributed by atoms with E-state index in [2.05, 4.69) is 21.0 Å². The molecule has 1 amide bonds. The Balaban J connectivity index is 2.16. The highest BCUT2D eigenvalue weighted by molar-refractivity contribution is 9.10. The van der Waals surface area contributed by atoms with Gasteiger partial charge in [-0.05, 0) is 39.7 Å². The lowest BCUT2D eigenvalue weighted by molar-refractivity contribution is -0.123. The Kier molecular flexibility index (Phi) is 4.36. The Bertz CT molecular complexity index is 518. The van der Waals surface area contributed by atoms with Crippen LogP contribution in [0.25, 0.3) is 0 Å². The van der Waals surface area contributed by atoms with Gasteiger partial charge in [0.15, 0.2) is 4.32 Å². The zero-order valence-corrected chi connectivity index (χ0v) is 12.6. The molecule has 0 aromatic heterocycles. The fourth-order valence-electron chi connectivity index (χ4n) is 1.35. The number of rotatable bonds is 3. The average Bonchev–Trinajstić information content (AvgIpc) is 2.67. The maximum atomic E-state index is 11.4. The van der Waals surface area contributed by atoms with Crippen LogP contribution >= 0.6 is 39.9 Å². The van der Waals surface area contributed by atoms with Gasteiger partial charge in [0, 0.05) is 0 Å². The van der Waals surface area contributed by atoms with Crippen LogP contribution in [0.5, 0.6) is 5.75 Å². The quantitative estimate of drug-likeness (QED) is 0.624. The van der Waals surface area contributed by atoms with Crippen molar-refractivity contribution in [3.05, 3.63) is 28.2 Å². The number of halogens is 1. The summed E-state index contributed by atoms with van der Waals surface area (Å²) in [6.45, 7) is 0. The molecule has 0 N–H and O–H groups in total. The van der Waals surface area contributed by atoms with Crippen LogP contribution in [0.15, 0.2) is 27.8 Å². The molecule has 1 aliphatic heterocycles. The third-order valence-electron chi connectivity index (χ3n) is 2.23. The van der Waals surface area contributed by atoms with E-state index in [0.717, 1.165) is 15.8 Å². The van der Waals surface area contributed by atoms with Crippen molar-refractivity contribution in [1.29, 1.82) is 0 Å². The van der Waals surface area contributed by atoms with E-state index in [0.29, 0.717) is 10.1 Å². The first-order chi connectivity index (χ1) is 8.61. The van der Waals surface area contributed by atoms with Gasteiger partial charge >= 0.3 is 0 Å². The second kappa shape index (κ2) is 5.81. The van der Waals surface area contributed by atoms with Gasteiger partial charge in [0.25, 0.3) is 5.91 Å². The molecule has 0 unspecified atom stereocenters. The zero-order chi connectivity index (χ0) is 13.1. The van der Waals surface area contributed by atoms with Crippen molar-refractivity contribution in [2.75, 3.05) is 12.9 Å². The van der Waals surface area contributed by atoms with E-state index < -0.39 is 0 Å². The average molecular weight is 345 g/mol. The first-order valence-corrected chi connectivity index (χ1v) is 7.17. The highest BCUT2D eigenvalue weighted by atomic mass is 79.9. The van der Waals surface area contributed by atoms with Crippen molar-refractivity contribution < 1.29 is 9.53 Å². The lowest BCUT2D eigenvalue weighted by atomic mass is 10.2.